The zero-order valence-electron chi connectivity index (χ0n) is 17.3. The SMILES string of the molecule is COC(=O)c1ccc(C(=O)N(C)C2CCC(NC(=O)OC(C)(C)C)CC2)cc1. The van der Waals surface area contributed by atoms with Crippen LogP contribution in [0, 0.1) is 0 Å². The normalized spacial score (nSPS) is 19.5. The van der Waals surface area contributed by atoms with Gasteiger partial charge in [0.25, 0.3) is 5.91 Å². The summed E-state index contributed by atoms with van der Waals surface area (Å²) in [5.41, 5.74) is 0.428. The first-order valence-corrected chi connectivity index (χ1v) is 9.56. The van der Waals surface area contributed by atoms with Gasteiger partial charge in [-0.3, -0.25) is 4.79 Å². The van der Waals surface area contributed by atoms with Gasteiger partial charge in [0.2, 0.25) is 0 Å². The van der Waals surface area contributed by atoms with Crippen LogP contribution in [0.4, 0.5) is 4.79 Å². The molecule has 0 bridgehead atoms. The lowest BCUT2D eigenvalue weighted by atomic mass is 9.90. The monoisotopic (exact) mass is 390 g/mol. The standard InChI is InChI=1S/C21H30N2O5/c1-21(2,3)28-20(26)22-16-10-12-17(13-11-16)23(4)18(24)14-6-8-15(9-7-14)19(25)27-5/h6-9,16-17H,10-13H2,1-5H3,(H,22,26). The fourth-order valence-corrected chi connectivity index (χ4v) is 3.32. The van der Waals surface area contributed by atoms with Crippen molar-refractivity contribution in [1.82, 2.24) is 10.2 Å². The van der Waals surface area contributed by atoms with E-state index >= 15 is 0 Å². The molecule has 28 heavy (non-hydrogen) atoms. The van der Waals surface area contributed by atoms with Gasteiger partial charge in [0.05, 0.1) is 12.7 Å². The van der Waals surface area contributed by atoms with Gasteiger partial charge in [-0.05, 0) is 70.7 Å². The van der Waals surface area contributed by atoms with Crippen molar-refractivity contribution in [3.05, 3.63) is 35.4 Å². The van der Waals surface area contributed by atoms with Crippen LogP contribution in [0.5, 0.6) is 0 Å². The Hall–Kier alpha value is -2.57. The van der Waals surface area contributed by atoms with E-state index in [4.69, 9.17) is 4.74 Å². The number of methoxy groups -OCH3 is 1. The first-order chi connectivity index (χ1) is 13.1. The van der Waals surface area contributed by atoms with Gasteiger partial charge in [-0.15, -0.1) is 0 Å². The minimum absolute atomic E-state index is 0.0638. The Morgan fingerprint density at radius 3 is 2.04 bits per heavy atom. The van der Waals surface area contributed by atoms with Crippen LogP contribution in [0.25, 0.3) is 0 Å². The predicted octanol–water partition coefficient (Wildman–Crippen LogP) is 3.38. The predicted molar refractivity (Wildman–Crippen MR) is 105 cm³/mol. The minimum atomic E-state index is -0.517. The van der Waals surface area contributed by atoms with Gasteiger partial charge in [0.15, 0.2) is 0 Å². The number of rotatable bonds is 4. The number of nitrogens with one attached hydrogen (secondary N) is 1. The van der Waals surface area contributed by atoms with E-state index in [-0.39, 0.29) is 18.0 Å². The van der Waals surface area contributed by atoms with Crippen LogP contribution in [0.2, 0.25) is 0 Å². The lowest BCUT2D eigenvalue weighted by Gasteiger charge is -2.35. The molecule has 1 aromatic rings. The second kappa shape index (κ2) is 9.08. The van der Waals surface area contributed by atoms with Crippen LogP contribution < -0.4 is 5.32 Å². The highest BCUT2D eigenvalue weighted by Gasteiger charge is 2.29. The lowest BCUT2D eigenvalue weighted by Crippen LogP contribution is -2.45. The van der Waals surface area contributed by atoms with Crippen LogP contribution in [-0.4, -0.2) is 54.7 Å². The number of alkyl carbamates (subject to hydrolysis) is 1. The zero-order chi connectivity index (χ0) is 20.9. The number of carbonyl (C=O) groups is 3. The zero-order valence-corrected chi connectivity index (χ0v) is 17.3. The molecule has 0 atom stereocenters. The summed E-state index contributed by atoms with van der Waals surface area (Å²) in [4.78, 5) is 37.9. The van der Waals surface area contributed by atoms with Gasteiger partial charge in [-0.1, -0.05) is 0 Å². The first-order valence-electron chi connectivity index (χ1n) is 9.56. The second-order valence-corrected chi connectivity index (χ2v) is 8.14. The molecule has 2 rings (SSSR count). The Bertz CT molecular complexity index is 701. The van der Waals surface area contributed by atoms with Crippen LogP contribution in [-0.2, 0) is 9.47 Å². The molecule has 1 saturated carbocycles. The van der Waals surface area contributed by atoms with E-state index in [1.807, 2.05) is 20.8 Å². The van der Waals surface area contributed by atoms with Crippen molar-refractivity contribution in [3.63, 3.8) is 0 Å². The number of esters is 1. The van der Waals surface area contributed by atoms with Gasteiger partial charge in [0.1, 0.15) is 5.60 Å². The summed E-state index contributed by atoms with van der Waals surface area (Å²) in [7, 11) is 3.12. The highest BCUT2D eigenvalue weighted by Crippen LogP contribution is 2.24. The molecule has 1 aromatic carbocycles. The highest BCUT2D eigenvalue weighted by molar-refractivity contribution is 5.96. The minimum Gasteiger partial charge on any atom is -0.465 e. The maximum Gasteiger partial charge on any atom is 0.407 e. The van der Waals surface area contributed by atoms with Crippen molar-refractivity contribution in [2.75, 3.05) is 14.2 Å². The van der Waals surface area contributed by atoms with Crippen LogP contribution in [0.1, 0.15) is 67.2 Å². The van der Waals surface area contributed by atoms with E-state index in [1.54, 1.807) is 36.2 Å². The molecular weight excluding hydrogens is 360 g/mol. The summed E-state index contributed by atoms with van der Waals surface area (Å²) in [6.07, 6.45) is 2.81. The number of hydrogen-bond acceptors (Lipinski definition) is 5. The highest BCUT2D eigenvalue weighted by atomic mass is 16.6. The molecule has 0 spiro atoms. The molecule has 7 nitrogen and oxygen atoms in total. The largest absolute Gasteiger partial charge is 0.465 e. The summed E-state index contributed by atoms with van der Waals surface area (Å²) in [6.45, 7) is 5.51. The Labute approximate surface area is 166 Å². The van der Waals surface area contributed by atoms with Crippen molar-refractivity contribution < 1.29 is 23.9 Å². The van der Waals surface area contributed by atoms with Gasteiger partial charge < -0.3 is 19.7 Å². The molecule has 1 N–H and O–H groups in total. The Morgan fingerprint density at radius 1 is 1.00 bits per heavy atom. The molecule has 0 aliphatic heterocycles. The Morgan fingerprint density at radius 2 is 1.54 bits per heavy atom. The number of benzene rings is 1. The first kappa shape index (κ1) is 21.7. The van der Waals surface area contributed by atoms with Crippen LogP contribution in [0.3, 0.4) is 0 Å². The van der Waals surface area contributed by atoms with Crippen molar-refractivity contribution in [2.45, 2.75) is 64.1 Å². The van der Waals surface area contributed by atoms with Gasteiger partial charge in [-0.25, -0.2) is 9.59 Å². The third kappa shape index (κ3) is 5.97. The topological polar surface area (TPSA) is 84.9 Å². The third-order valence-electron chi connectivity index (χ3n) is 4.84. The van der Waals surface area contributed by atoms with E-state index in [2.05, 4.69) is 10.1 Å². The number of ether oxygens (including phenoxy) is 2. The fraction of sp³-hybridized carbons (Fsp3) is 0.571. The second-order valence-electron chi connectivity index (χ2n) is 8.14. The fourth-order valence-electron chi connectivity index (χ4n) is 3.32. The van der Waals surface area contributed by atoms with Gasteiger partial charge in [-0.2, -0.15) is 0 Å². The average Bonchev–Trinajstić information content (AvgIpc) is 2.65. The maximum atomic E-state index is 12.7. The third-order valence-corrected chi connectivity index (χ3v) is 4.84. The van der Waals surface area contributed by atoms with E-state index < -0.39 is 17.7 Å². The number of amides is 2. The molecule has 0 heterocycles. The molecule has 0 saturated heterocycles. The summed E-state index contributed by atoms with van der Waals surface area (Å²) >= 11 is 0. The Kier molecular flexibility index (Phi) is 7.05. The maximum absolute atomic E-state index is 12.7. The summed E-state index contributed by atoms with van der Waals surface area (Å²) in [5, 5.41) is 2.91. The quantitative estimate of drug-likeness (QED) is 0.797. The van der Waals surface area contributed by atoms with Crippen molar-refractivity contribution in [1.29, 1.82) is 0 Å². The van der Waals surface area contributed by atoms with Crippen molar-refractivity contribution in [3.8, 4) is 0 Å². The summed E-state index contributed by atoms with van der Waals surface area (Å²) in [5.74, 6) is -0.511. The molecule has 0 unspecified atom stereocenters. The van der Waals surface area contributed by atoms with Crippen molar-refractivity contribution in [2.24, 2.45) is 0 Å². The summed E-state index contributed by atoms with van der Waals surface area (Å²) < 4.78 is 9.97. The molecule has 154 valence electrons. The van der Waals surface area contributed by atoms with Crippen LogP contribution in [0.15, 0.2) is 24.3 Å². The number of hydrogen-bond donors (Lipinski definition) is 1. The molecule has 1 aliphatic rings. The van der Waals surface area contributed by atoms with Gasteiger partial charge in [0, 0.05) is 24.7 Å². The Balaban J connectivity index is 1.87. The molecule has 2 amide bonds. The van der Waals surface area contributed by atoms with E-state index in [1.165, 1.54) is 7.11 Å². The van der Waals surface area contributed by atoms with Gasteiger partial charge >= 0.3 is 12.1 Å². The van der Waals surface area contributed by atoms with E-state index in [0.717, 1.165) is 25.7 Å². The lowest BCUT2D eigenvalue weighted by molar-refractivity contribution is 0.0469. The van der Waals surface area contributed by atoms with Crippen LogP contribution >= 0.6 is 0 Å². The molecule has 1 aliphatic carbocycles. The summed E-state index contributed by atoms with van der Waals surface area (Å²) in [6, 6.07) is 6.64. The number of nitrogens with zero attached hydrogens (tertiary/aromatic N) is 1. The molecule has 0 radical (unpaired) electrons. The molecule has 1 fully saturated rings. The smallest absolute Gasteiger partial charge is 0.407 e. The molecule has 0 aromatic heterocycles. The van der Waals surface area contributed by atoms with E-state index in [9.17, 15) is 14.4 Å². The molecule has 7 heteroatoms. The van der Waals surface area contributed by atoms with E-state index in [0.29, 0.717) is 11.1 Å². The number of carbonyl (C=O) groups excluding carboxylic acids is 3. The van der Waals surface area contributed by atoms with Crippen molar-refractivity contribution >= 4 is 18.0 Å². The average molecular weight is 390 g/mol. The molecular formula is C21H30N2O5.